The highest BCUT2D eigenvalue weighted by Crippen LogP contribution is 2.38. The van der Waals surface area contributed by atoms with Crippen LogP contribution in [0.1, 0.15) is 39.1 Å². The maximum atomic E-state index is 12.9. The van der Waals surface area contributed by atoms with E-state index in [1.807, 2.05) is 23.5 Å². The molecule has 2 aromatic rings. The van der Waals surface area contributed by atoms with Crippen LogP contribution in [0.15, 0.2) is 30.5 Å². The van der Waals surface area contributed by atoms with E-state index in [1.165, 1.54) is 22.6 Å². The van der Waals surface area contributed by atoms with Gasteiger partial charge < -0.3 is 9.47 Å². The SMILES string of the molecule is Cc1ccc(CN2C[C@@H]3[C@@H](C2)n2cccc2C(=O)N3CC2CC2)s1. The van der Waals surface area contributed by atoms with Crippen LogP contribution in [0.5, 0.6) is 0 Å². The van der Waals surface area contributed by atoms with Crippen molar-refractivity contribution in [3.8, 4) is 0 Å². The quantitative estimate of drug-likeness (QED) is 0.855. The summed E-state index contributed by atoms with van der Waals surface area (Å²) in [6.45, 7) is 6.17. The van der Waals surface area contributed by atoms with Crippen LogP contribution < -0.4 is 0 Å². The molecule has 1 amide bonds. The van der Waals surface area contributed by atoms with Gasteiger partial charge in [0.25, 0.3) is 5.91 Å². The van der Waals surface area contributed by atoms with Crippen molar-refractivity contribution in [1.82, 2.24) is 14.4 Å². The number of rotatable bonds is 4. The Balaban J connectivity index is 1.42. The molecule has 5 rings (SSSR count). The van der Waals surface area contributed by atoms with Gasteiger partial charge in [0.2, 0.25) is 0 Å². The fourth-order valence-corrected chi connectivity index (χ4v) is 5.24. The molecule has 0 N–H and O–H groups in total. The molecule has 1 saturated heterocycles. The van der Waals surface area contributed by atoms with Crippen molar-refractivity contribution in [1.29, 1.82) is 0 Å². The Labute approximate surface area is 146 Å². The molecule has 2 fully saturated rings. The summed E-state index contributed by atoms with van der Waals surface area (Å²) in [5, 5.41) is 0. The molecular formula is C19H23N3OS. The van der Waals surface area contributed by atoms with Gasteiger partial charge in [0.1, 0.15) is 5.69 Å². The second-order valence-electron chi connectivity index (χ2n) is 7.54. The summed E-state index contributed by atoms with van der Waals surface area (Å²) in [4.78, 5) is 20.5. The van der Waals surface area contributed by atoms with Gasteiger partial charge >= 0.3 is 0 Å². The minimum absolute atomic E-state index is 0.238. The van der Waals surface area contributed by atoms with Crippen molar-refractivity contribution in [3.05, 3.63) is 45.9 Å². The largest absolute Gasteiger partial charge is 0.337 e. The smallest absolute Gasteiger partial charge is 0.270 e. The average Bonchev–Trinajstić information content (AvgIpc) is 2.96. The summed E-state index contributed by atoms with van der Waals surface area (Å²) in [6, 6.07) is 9.21. The van der Waals surface area contributed by atoms with Gasteiger partial charge in [0.15, 0.2) is 0 Å². The third kappa shape index (κ3) is 2.42. The summed E-state index contributed by atoms with van der Waals surface area (Å²) in [7, 11) is 0. The second-order valence-corrected chi connectivity index (χ2v) is 8.92. The van der Waals surface area contributed by atoms with E-state index < -0.39 is 0 Å². The van der Waals surface area contributed by atoms with Gasteiger partial charge in [-0.3, -0.25) is 9.69 Å². The van der Waals surface area contributed by atoms with Gasteiger partial charge in [-0.05, 0) is 49.9 Å². The van der Waals surface area contributed by atoms with Crippen LogP contribution >= 0.6 is 11.3 Å². The van der Waals surface area contributed by atoms with E-state index >= 15 is 0 Å². The number of amides is 1. The summed E-state index contributed by atoms with van der Waals surface area (Å²) in [6.07, 6.45) is 4.68. The number of aromatic nitrogens is 1. The Hall–Kier alpha value is -1.59. The lowest BCUT2D eigenvalue weighted by atomic mass is 10.1. The monoisotopic (exact) mass is 341 g/mol. The summed E-state index contributed by atoms with van der Waals surface area (Å²) < 4.78 is 2.23. The predicted octanol–water partition coefficient (Wildman–Crippen LogP) is 3.15. The molecule has 0 unspecified atom stereocenters. The zero-order valence-corrected chi connectivity index (χ0v) is 14.8. The highest BCUT2D eigenvalue weighted by Gasteiger charge is 2.46. The standard InChI is InChI=1S/C19H23N3OS/c1-13-4-7-15(24-13)10-20-11-17-18(12-20)22(9-14-5-6-14)19(23)16-3-2-8-21(16)17/h2-4,7-8,14,17-18H,5-6,9-12H2,1H3/t17-,18-/m1/s1. The molecule has 4 heterocycles. The first-order valence-electron chi connectivity index (χ1n) is 8.94. The lowest BCUT2D eigenvalue weighted by Crippen LogP contribution is -2.51. The number of aryl methyl sites for hydroxylation is 1. The maximum Gasteiger partial charge on any atom is 0.270 e. The Morgan fingerprint density at radius 1 is 1.17 bits per heavy atom. The summed E-state index contributed by atoms with van der Waals surface area (Å²) >= 11 is 1.89. The number of likely N-dealkylation sites (tertiary alicyclic amines) is 1. The van der Waals surface area contributed by atoms with E-state index in [2.05, 4.69) is 39.6 Å². The van der Waals surface area contributed by atoms with E-state index in [4.69, 9.17) is 0 Å². The van der Waals surface area contributed by atoms with Crippen LogP contribution in [-0.2, 0) is 6.54 Å². The van der Waals surface area contributed by atoms with E-state index in [1.54, 1.807) is 0 Å². The molecule has 4 nitrogen and oxygen atoms in total. The lowest BCUT2D eigenvalue weighted by molar-refractivity contribution is 0.0565. The molecule has 3 aliphatic rings. The molecular weight excluding hydrogens is 318 g/mol. The molecule has 0 aromatic carbocycles. The van der Waals surface area contributed by atoms with Gasteiger partial charge in [0, 0.05) is 42.1 Å². The van der Waals surface area contributed by atoms with Crippen LogP contribution in [0.2, 0.25) is 0 Å². The Kier molecular flexibility index (Phi) is 3.35. The Morgan fingerprint density at radius 2 is 2.00 bits per heavy atom. The molecule has 2 aromatic heterocycles. The highest BCUT2D eigenvalue weighted by atomic mass is 32.1. The first kappa shape index (κ1) is 14.7. The van der Waals surface area contributed by atoms with Crippen LogP contribution in [0, 0.1) is 12.8 Å². The third-order valence-corrected chi connectivity index (χ3v) is 6.66. The predicted molar refractivity (Wildman–Crippen MR) is 95.4 cm³/mol. The second kappa shape index (κ2) is 5.46. The van der Waals surface area contributed by atoms with Crippen LogP contribution in [0.3, 0.4) is 0 Å². The van der Waals surface area contributed by atoms with Crippen molar-refractivity contribution >= 4 is 17.2 Å². The third-order valence-electron chi connectivity index (χ3n) is 5.68. The normalized spacial score (nSPS) is 26.7. The molecule has 2 atom stereocenters. The Morgan fingerprint density at radius 3 is 2.75 bits per heavy atom. The van der Waals surface area contributed by atoms with Crippen LogP contribution in [-0.4, -0.2) is 46.0 Å². The summed E-state index contributed by atoms with van der Waals surface area (Å²) in [5.74, 6) is 0.979. The fourth-order valence-electron chi connectivity index (χ4n) is 4.31. The molecule has 0 radical (unpaired) electrons. The minimum atomic E-state index is 0.238. The number of thiophene rings is 1. The van der Waals surface area contributed by atoms with Gasteiger partial charge in [-0.15, -0.1) is 11.3 Å². The van der Waals surface area contributed by atoms with Crippen molar-refractivity contribution in [2.75, 3.05) is 19.6 Å². The van der Waals surface area contributed by atoms with Gasteiger partial charge in [0.05, 0.1) is 12.1 Å². The van der Waals surface area contributed by atoms with E-state index in [-0.39, 0.29) is 5.91 Å². The first-order chi connectivity index (χ1) is 11.7. The van der Waals surface area contributed by atoms with Gasteiger partial charge in [-0.2, -0.15) is 0 Å². The molecule has 1 aliphatic carbocycles. The minimum Gasteiger partial charge on any atom is -0.337 e. The number of carbonyl (C=O) groups is 1. The molecule has 2 aliphatic heterocycles. The van der Waals surface area contributed by atoms with Crippen molar-refractivity contribution in [2.45, 2.75) is 38.4 Å². The zero-order valence-electron chi connectivity index (χ0n) is 14.0. The fraction of sp³-hybridized carbons (Fsp3) is 0.526. The lowest BCUT2D eigenvalue weighted by Gasteiger charge is -2.38. The van der Waals surface area contributed by atoms with E-state index in [0.29, 0.717) is 12.1 Å². The first-order valence-corrected chi connectivity index (χ1v) is 9.76. The van der Waals surface area contributed by atoms with Crippen LogP contribution in [0.25, 0.3) is 0 Å². The number of fused-ring (bicyclic) bond motifs is 3. The van der Waals surface area contributed by atoms with Gasteiger partial charge in [-0.1, -0.05) is 0 Å². The van der Waals surface area contributed by atoms with Crippen LogP contribution in [0.4, 0.5) is 0 Å². The number of nitrogens with zero attached hydrogens (tertiary/aromatic N) is 3. The van der Waals surface area contributed by atoms with E-state index in [0.717, 1.165) is 37.8 Å². The summed E-state index contributed by atoms with van der Waals surface area (Å²) in [5.41, 5.74) is 0.880. The number of hydrogen-bond donors (Lipinski definition) is 0. The molecule has 0 spiro atoms. The Bertz CT molecular complexity index is 775. The zero-order chi connectivity index (χ0) is 16.3. The molecule has 1 saturated carbocycles. The topological polar surface area (TPSA) is 28.5 Å². The molecule has 5 heteroatoms. The molecule has 24 heavy (non-hydrogen) atoms. The highest BCUT2D eigenvalue weighted by molar-refractivity contribution is 7.11. The van der Waals surface area contributed by atoms with E-state index in [9.17, 15) is 4.79 Å². The average molecular weight is 341 g/mol. The van der Waals surface area contributed by atoms with Crippen molar-refractivity contribution < 1.29 is 4.79 Å². The molecule has 0 bridgehead atoms. The molecule has 126 valence electrons. The van der Waals surface area contributed by atoms with Crippen molar-refractivity contribution in [3.63, 3.8) is 0 Å². The number of hydrogen-bond acceptors (Lipinski definition) is 3. The maximum absolute atomic E-state index is 12.9. The number of carbonyl (C=O) groups excluding carboxylic acids is 1. The van der Waals surface area contributed by atoms with Crippen molar-refractivity contribution in [2.24, 2.45) is 5.92 Å². The van der Waals surface area contributed by atoms with Gasteiger partial charge in [-0.25, -0.2) is 0 Å².